The molecule has 0 spiro atoms. The van der Waals surface area contributed by atoms with Crippen molar-refractivity contribution in [3.8, 4) is 0 Å². The third-order valence-corrected chi connectivity index (χ3v) is 7.25. The highest BCUT2D eigenvalue weighted by molar-refractivity contribution is 7.98. The van der Waals surface area contributed by atoms with Crippen LogP contribution in [0.25, 0.3) is 10.2 Å². The summed E-state index contributed by atoms with van der Waals surface area (Å²) in [6.45, 7) is 5.27. The Morgan fingerprint density at radius 1 is 1.29 bits per heavy atom. The van der Waals surface area contributed by atoms with Crippen molar-refractivity contribution in [2.24, 2.45) is 0 Å². The van der Waals surface area contributed by atoms with Gasteiger partial charge in [0.2, 0.25) is 0 Å². The topological polar surface area (TPSA) is 64.0 Å². The number of nitrogens with one attached hydrogen (secondary N) is 1. The highest BCUT2D eigenvalue weighted by Gasteiger charge is 2.23. The van der Waals surface area contributed by atoms with Crippen molar-refractivity contribution in [1.29, 1.82) is 0 Å². The number of thiophene rings is 1. The molecule has 146 valence electrons. The van der Waals surface area contributed by atoms with E-state index in [0.29, 0.717) is 21.6 Å². The second-order valence-electron chi connectivity index (χ2n) is 7.12. The summed E-state index contributed by atoms with van der Waals surface area (Å²) in [6, 6.07) is 8.53. The van der Waals surface area contributed by atoms with Gasteiger partial charge >= 0.3 is 0 Å². The van der Waals surface area contributed by atoms with Crippen LogP contribution in [0.15, 0.2) is 29.1 Å². The van der Waals surface area contributed by atoms with Crippen molar-refractivity contribution >= 4 is 39.2 Å². The predicted octanol–water partition coefficient (Wildman–Crippen LogP) is 3.68. The van der Waals surface area contributed by atoms with E-state index in [1.807, 2.05) is 6.92 Å². The van der Waals surface area contributed by atoms with Crippen LogP contribution >= 0.6 is 23.1 Å². The van der Waals surface area contributed by atoms with Gasteiger partial charge in [-0.1, -0.05) is 29.8 Å². The minimum absolute atomic E-state index is 0.000969. The summed E-state index contributed by atoms with van der Waals surface area (Å²) in [7, 11) is 0. The Labute approximate surface area is 172 Å². The van der Waals surface area contributed by atoms with Gasteiger partial charge in [0.05, 0.1) is 10.3 Å². The van der Waals surface area contributed by atoms with E-state index < -0.39 is 0 Å². The monoisotopic (exact) mass is 413 g/mol. The SMILES string of the molecule is Cc1ccc(CSCCNC(=O)c2sc3nc4n(c(=O)c3c2C)CCC4)cc1. The zero-order chi connectivity index (χ0) is 19.7. The van der Waals surface area contributed by atoms with Gasteiger partial charge in [-0.05, 0) is 31.4 Å². The molecule has 3 heterocycles. The Balaban J connectivity index is 1.38. The molecular weight excluding hydrogens is 390 g/mol. The molecule has 1 aliphatic rings. The number of hydrogen-bond acceptors (Lipinski definition) is 5. The number of thioether (sulfide) groups is 1. The first-order valence-corrected chi connectivity index (χ1v) is 11.5. The summed E-state index contributed by atoms with van der Waals surface area (Å²) >= 11 is 3.13. The van der Waals surface area contributed by atoms with Crippen LogP contribution in [0.5, 0.6) is 0 Å². The Bertz CT molecular complexity index is 1080. The lowest BCUT2D eigenvalue weighted by atomic mass is 10.2. The number of rotatable bonds is 6. The molecule has 3 aromatic rings. The van der Waals surface area contributed by atoms with Gasteiger partial charge in [-0.15, -0.1) is 11.3 Å². The maximum Gasteiger partial charge on any atom is 0.262 e. The molecule has 1 aromatic carbocycles. The smallest absolute Gasteiger partial charge is 0.262 e. The van der Waals surface area contributed by atoms with Crippen molar-refractivity contribution in [2.45, 2.75) is 39.0 Å². The normalized spacial score (nSPS) is 13.1. The number of nitrogens with zero attached hydrogens (tertiary/aromatic N) is 2. The van der Waals surface area contributed by atoms with Gasteiger partial charge in [0.1, 0.15) is 10.7 Å². The largest absolute Gasteiger partial charge is 0.351 e. The van der Waals surface area contributed by atoms with Crippen LogP contribution in [-0.2, 0) is 18.7 Å². The van der Waals surface area contributed by atoms with Crippen LogP contribution < -0.4 is 10.9 Å². The van der Waals surface area contributed by atoms with Crippen LogP contribution in [0.2, 0.25) is 0 Å². The molecular formula is C21H23N3O2S2. The molecule has 1 amide bonds. The second kappa shape index (κ2) is 8.09. The van der Waals surface area contributed by atoms with E-state index in [-0.39, 0.29) is 11.5 Å². The van der Waals surface area contributed by atoms with Gasteiger partial charge in [0.15, 0.2) is 0 Å². The van der Waals surface area contributed by atoms with E-state index in [4.69, 9.17) is 0 Å². The van der Waals surface area contributed by atoms with Gasteiger partial charge in [-0.3, -0.25) is 14.2 Å². The highest BCUT2D eigenvalue weighted by Crippen LogP contribution is 2.28. The van der Waals surface area contributed by atoms with Crippen molar-refractivity contribution in [3.05, 3.63) is 62.0 Å². The number of aryl methyl sites for hydroxylation is 3. The second-order valence-corrected chi connectivity index (χ2v) is 9.22. The summed E-state index contributed by atoms with van der Waals surface area (Å²) in [6.07, 6.45) is 1.80. The average molecular weight is 414 g/mol. The predicted molar refractivity (Wildman–Crippen MR) is 117 cm³/mol. The lowest BCUT2D eigenvalue weighted by Crippen LogP contribution is -2.25. The summed E-state index contributed by atoms with van der Waals surface area (Å²) in [5, 5.41) is 3.59. The minimum Gasteiger partial charge on any atom is -0.351 e. The Morgan fingerprint density at radius 3 is 2.86 bits per heavy atom. The Kier molecular flexibility index (Phi) is 5.55. The van der Waals surface area contributed by atoms with Crippen LogP contribution in [0.3, 0.4) is 0 Å². The number of fused-ring (bicyclic) bond motifs is 2. The van der Waals surface area contributed by atoms with E-state index in [0.717, 1.165) is 42.3 Å². The quantitative estimate of drug-likeness (QED) is 0.626. The fourth-order valence-corrected chi connectivity index (χ4v) is 5.41. The summed E-state index contributed by atoms with van der Waals surface area (Å²) < 4.78 is 1.76. The summed E-state index contributed by atoms with van der Waals surface area (Å²) in [5.74, 6) is 2.52. The molecule has 0 aliphatic carbocycles. The van der Waals surface area contributed by atoms with Crippen LogP contribution in [0.4, 0.5) is 0 Å². The lowest BCUT2D eigenvalue weighted by Gasteiger charge is -2.05. The van der Waals surface area contributed by atoms with Crippen molar-refractivity contribution in [3.63, 3.8) is 0 Å². The van der Waals surface area contributed by atoms with Gasteiger partial charge in [0, 0.05) is 31.0 Å². The molecule has 0 unspecified atom stereocenters. The van der Waals surface area contributed by atoms with Gasteiger partial charge in [0.25, 0.3) is 11.5 Å². The molecule has 5 nitrogen and oxygen atoms in total. The summed E-state index contributed by atoms with van der Waals surface area (Å²) in [5.41, 5.74) is 3.31. The van der Waals surface area contributed by atoms with E-state index in [2.05, 4.69) is 41.5 Å². The molecule has 0 saturated heterocycles. The standard InChI is InChI=1S/C21H23N3O2S2/c1-13-5-7-15(8-6-13)12-27-11-9-22-19(25)18-14(2)17-20(28-18)23-16-4-3-10-24(16)21(17)26/h5-8H,3-4,9-12H2,1-2H3,(H,22,25). The lowest BCUT2D eigenvalue weighted by molar-refractivity contribution is 0.0960. The molecule has 7 heteroatoms. The third-order valence-electron chi connectivity index (χ3n) is 5.04. The zero-order valence-corrected chi connectivity index (χ0v) is 17.7. The maximum atomic E-state index is 12.7. The molecule has 0 fully saturated rings. The first-order valence-electron chi connectivity index (χ1n) is 9.49. The number of aromatic nitrogens is 2. The van der Waals surface area contributed by atoms with Gasteiger partial charge in [-0.2, -0.15) is 11.8 Å². The van der Waals surface area contributed by atoms with E-state index in [1.54, 1.807) is 16.3 Å². The summed E-state index contributed by atoms with van der Waals surface area (Å²) in [4.78, 5) is 31.3. The average Bonchev–Trinajstić information content (AvgIpc) is 3.28. The fraction of sp³-hybridized carbons (Fsp3) is 0.381. The van der Waals surface area contributed by atoms with Crippen LogP contribution in [0, 0.1) is 13.8 Å². The molecule has 0 atom stereocenters. The molecule has 0 radical (unpaired) electrons. The number of hydrogen-bond donors (Lipinski definition) is 1. The molecule has 4 rings (SSSR count). The van der Waals surface area contributed by atoms with Gasteiger partial charge < -0.3 is 5.32 Å². The Hall–Kier alpha value is -2.12. The molecule has 1 aliphatic heterocycles. The van der Waals surface area contributed by atoms with E-state index in [9.17, 15) is 9.59 Å². The van der Waals surface area contributed by atoms with E-state index in [1.165, 1.54) is 22.5 Å². The fourth-order valence-electron chi connectivity index (χ4n) is 3.48. The number of carbonyl (C=O) groups is 1. The third kappa shape index (κ3) is 3.73. The number of amides is 1. The van der Waals surface area contributed by atoms with Crippen molar-refractivity contribution in [2.75, 3.05) is 12.3 Å². The highest BCUT2D eigenvalue weighted by atomic mass is 32.2. The molecule has 0 saturated carbocycles. The zero-order valence-electron chi connectivity index (χ0n) is 16.1. The van der Waals surface area contributed by atoms with Crippen molar-refractivity contribution < 1.29 is 4.79 Å². The maximum absolute atomic E-state index is 12.7. The molecule has 1 N–H and O–H groups in total. The van der Waals surface area contributed by atoms with Gasteiger partial charge in [-0.25, -0.2) is 4.98 Å². The minimum atomic E-state index is -0.110. The Morgan fingerprint density at radius 2 is 2.07 bits per heavy atom. The molecule has 0 bridgehead atoms. The van der Waals surface area contributed by atoms with Crippen LogP contribution in [0.1, 0.15) is 38.6 Å². The first-order chi connectivity index (χ1) is 13.5. The number of carbonyl (C=O) groups excluding carboxylic acids is 1. The molecule has 28 heavy (non-hydrogen) atoms. The first kappa shape index (κ1) is 19.2. The van der Waals surface area contributed by atoms with Crippen molar-refractivity contribution in [1.82, 2.24) is 14.9 Å². The van der Waals surface area contributed by atoms with Crippen LogP contribution in [-0.4, -0.2) is 27.8 Å². The van der Waals surface area contributed by atoms with E-state index >= 15 is 0 Å². The number of benzene rings is 1. The molecule has 2 aromatic heterocycles.